The number of rotatable bonds is 5. The van der Waals surface area contributed by atoms with Crippen LogP contribution in [0.15, 0.2) is 24.9 Å². The molecule has 1 N–H and O–H groups in total. The Bertz CT molecular complexity index is 765. The number of likely N-dealkylation sites (tertiary alicyclic amines) is 1. The van der Waals surface area contributed by atoms with Gasteiger partial charge in [0.05, 0.1) is 42.1 Å². The number of likely N-dealkylation sites (N-methyl/N-ethyl adjacent to an activating group) is 1. The first kappa shape index (κ1) is 17.2. The van der Waals surface area contributed by atoms with Crippen LogP contribution in [0.5, 0.6) is 0 Å². The maximum atomic E-state index is 12.6. The van der Waals surface area contributed by atoms with Crippen LogP contribution in [0, 0.1) is 0 Å². The Morgan fingerprint density at radius 1 is 1.36 bits per heavy atom. The molecule has 0 bridgehead atoms. The van der Waals surface area contributed by atoms with Crippen molar-refractivity contribution in [3.63, 3.8) is 0 Å². The van der Waals surface area contributed by atoms with Crippen molar-refractivity contribution in [2.75, 3.05) is 7.05 Å². The number of nitrogens with one attached hydrogen (secondary N) is 1. The molecule has 1 fully saturated rings. The molecule has 134 valence electrons. The summed E-state index contributed by atoms with van der Waals surface area (Å²) in [5, 5.41) is 7.29. The molecule has 8 heteroatoms. The summed E-state index contributed by atoms with van der Waals surface area (Å²) < 4.78 is 3.65. The lowest BCUT2D eigenvalue weighted by Crippen LogP contribution is -2.51. The van der Waals surface area contributed by atoms with Crippen LogP contribution in [0.25, 0.3) is 0 Å². The van der Waals surface area contributed by atoms with Crippen LogP contribution in [0.2, 0.25) is 0 Å². The fraction of sp³-hybridized carbons (Fsp3) is 0.529. The monoisotopic (exact) mass is 344 g/mol. The standard InChI is InChI=1S/C17H24N6O2/c1-4-7-23-10-12(8-19-23)17(25)20-13-5-6-15(24)22(3)16(13)14-9-18-11-21(14)2/h8-11,13,16H,4-7H2,1-3H3,(H,20,25)/t13-,16-/m1/s1. The summed E-state index contributed by atoms with van der Waals surface area (Å²) in [7, 11) is 3.67. The second-order valence-corrected chi connectivity index (χ2v) is 6.49. The Kier molecular flexibility index (Phi) is 4.87. The van der Waals surface area contributed by atoms with Crippen LogP contribution in [-0.2, 0) is 18.4 Å². The van der Waals surface area contributed by atoms with Crippen LogP contribution in [0.4, 0.5) is 0 Å². The molecule has 0 unspecified atom stereocenters. The molecule has 0 spiro atoms. The SMILES string of the molecule is CCCn1cc(C(=O)N[C@@H]2CCC(=O)N(C)[C@H]2c2cncn2C)cn1. The Morgan fingerprint density at radius 3 is 2.84 bits per heavy atom. The van der Waals surface area contributed by atoms with E-state index in [0.29, 0.717) is 18.4 Å². The van der Waals surface area contributed by atoms with Gasteiger partial charge in [-0.25, -0.2) is 4.98 Å². The van der Waals surface area contributed by atoms with E-state index in [1.54, 1.807) is 41.5 Å². The fourth-order valence-corrected chi connectivity index (χ4v) is 3.33. The van der Waals surface area contributed by atoms with Crippen molar-refractivity contribution < 1.29 is 9.59 Å². The van der Waals surface area contributed by atoms with Crippen molar-refractivity contribution in [3.05, 3.63) is 36.2 Å². The number of carbonyl (C=O) groups excluding carboxylic acids is 2. The third-order valence-electron chi connectivity index (χ3n) is 4.68. The van der Waals surface area contributed by atoms with Gasteiger partial charge in [0.15, 0.2) is 0 Å². The third kappa shape index (κ3) is 3.42. The first-order chi connectivity index (χ1) is 12.0. The van der Waals surface area contributed by atoms with Gasteiger partial charge in [0.2, 0.25) is 5.91 Å². The molecule has 1 aliphatic rings. The minimum atomic E-state index is -0.233. The predicted molar refractivity (Wildman–Crippen MR) is 91.7 cm³/mol. The molecule has 2 aromatic heterocycles. The largest absolute Gasteiger partial charge is 0.347 e. The van der Waals surface area contributed by atoms with Gasteiger partial charge in [-0.15, -0.1) is 0 Å². The van der Waals surface area contributed by atoms with E-state index in [4.69, 9.17) is 0 Å². The summed E-state index contributed by atoms with van der Waals surface area (Å²) in [6.07, 6.45) is 8.78. The van der Waals surface area contributed by atoms with Crippen molar-refractivity contribution >= 4 is 11.8 Å². The lowest BCUT2D eigenvalue weighted by atomic mass is 9.93. The molecule has 1 saturated heterocycles. The van der Waals surface area contributed by atoms with Gasteiger partial charge in [0.1, 0.15) is 0 Å². The lowest BCUT2D eigenvalue weighted by molar-refractivity contribution is -0.136. The van der Waals surface area contributed by atoms with Gasteiger partial charge in [-0.3, -0.25) is 14.3 Å². The number of aryl methyl sites for hydroxylation is 2. The van der Waals surface area contributed by atoms with Crippen LogP contribution < -0.4 is 5.32 Å². The average Bonchev–Trinajstić information content (AvgIpc) is 3.21. The highest BCUT2D eigenvalue weighted by atomic mass is 16.2. The van der Waals surface area contributed by atoms with E-state index in [0.717, 1.165) is 18.7 Å². The van der Waals surface area contributed by atoms with Gasteiger partial charge in [-0.05, 0) is 12.8 Å². The molecule has 8 nitrogen and oxygen atoms in total. The highest BCUT2D eigenvalue weighted by Gasteiger charge is 2.37. The zero-order chi connectivity index (χ0) is 18.0. The van der Waals surface area contributed by atoms with Gasteiger partial charge in [-0.2, -0.15) is 5.10 Å². The van der Waals surface area contributed by atoms with Crippen molar-refractivity contribution in [1.29, 1.82) is 0 Å². The summed E-state index contributed by atoms with van der Waals surface area (Å²) >= 11 is 0. The first-order valence-corrected chi connectivity index (χ1v) is 8.56. The molecule has 1 aliphatic heterocycles. The quantitative estimate of drug-likeness (QED) is 0.881. The topological polar surface area (TPSA) is 85.0 Å². The van der Waals surface area contributed by atoms with E-state index >= 15 is 0 Å². The van der Waals surface area contributed by atoms with Crippen LogP contribution in [0.1, 0.15) is 48.3 Å². The Morgan fingerprint density at radius 2 is 2.16 bits per heavy atom. The van der Waals surface area contributed by atoms with E-state index in [1.165, 1.54) is 0 Å². The summed E-state index contributed by atoms with van der Waals surface area (Å²) in [6, 6.07) is -0.400. The zero-order valence-corrected chi connectivity index (χ0v) is 14.8. The number of piperidine rings is 1. The molecule has 0 aliphatic carbocycles. The van der Waals surface area contributed by atoms with Crippen molar-refractivity contribution in [3.8, 4) is 0 Å². The van der Waals surface area contributed by atoms with Gasteiger partial charge >= 0.3 is 0 Å². The molecule has 25 heavy (non-hydrogen) atoms. The Balaban J connectivity index is 1.80. The minimum Gasteiger partial charge on any atom is -0.347 e. The summed E-state index contributed by atoms with van der Waals surface area (Å²) in [6.45, 7) is 2.85. The molecule has 2 atom stereocenters. The van der Waals surface area contributed by atoms with Crippen LogP contribution >= 0.6 is 0 Å². The highest BCUT2D eigenvalue weighted by molar-refractivity contribution is 5.94. The van der Waals surface area contributed by atoms with E-state index < -0.39 is 0 Å². The first-order valence-electron chi connectivity index (χ1n) is 8.56. The summed E-state index contributed by atoms with van der Waals surface area (Å²) in [4.78, 5) is 30.6. The molecule has 0 radical (unpaired) electrons. The number of carbonyl (C=O) groups is 2. The summed E-state index contributed by atoms with van der Waals surface area (Å²) in [5.41, 5.74) is 1.44. The maximum Gasteiger partial charge on any atom is 0.254 e. The maximum absolute atomic E-state index is 12.6. The smallest absolute Gasteiger partial charge is 0.254 e. The van der Waals surface area contributed by atoms with Crippen molar-refractivity contribution in [2.24, 2.45) is 7.05 Å². The lowest BCUT2D eigenvalue weighted by Gasteiger charge is -2.39. The molecule has 2 amide bonds. The predicted octanol–water partition coefficient (Wildman–Crippen LogP) is 1.12. The van der Waals surface area contributed by atoms with Crippen LogP contribution in [-0.4, -0.2) is 49.1 Å². The second-order valence-electron chi connectivity index (χ2n) is 6.49. The molecule has 3 rings (SSSR count). The molecule has 0 saturated carbocycles. The van der Waals surface area contributed by atoms with Gasteiger partial charge in [-0.1, -0.05) is 6.92 Å². The Hall–Kier alpha value is -2.64. The number of aromatic nitrogens is 4. The van der Waals surface area contributed by atoms with Crippen LogP contribution in [0.3, 0.4) is 0 Å². The van der Waals surface area contributed by atoms with Gasteiger partial charge in [0.25, 0.3) is 5.91 Å². The zero-order valence-electron chi connectivity index (χ0n) is 14.8. The van der Waals surface area contributed by atoms with Gasteiger partial charge < -0.3 is 14.8 Å². The van der Waals surface area contributed by atoms with E-state index in [1.807, 2.05) is 11.6 Å². The normalized spacial score (nSPS) is 20.8. The molecule has 0 aromatic carbocycles. The average molecular weight is 344 g/mol. The molecule has 2 aromatic rings. The number of hydrogen-bond donors (Lipinski definition) is 1. The van der Waals surface area contributed by atoms with Crippen molar-refractivity contribution in [2.45, 2.75) is 44.8 Å². The third-order valence-corrected chi connectivity index (χ3v) is 4.68. The molecular weight excluding hydrogens is 320 g/mol. The number of nitrogens with zero attached hydrogens (tertiary/aromatic N) is 5. The van der Waals surface area contributed by atoms with E-state index in [9.17, 15) is 9.59 Å². The Labute approximate surface area is 146 Å². The van der Waals surface area contributed by atoms with Gasteiger partial charge in [0, 0.05) is 33.3 Å². The fourth-order valence-electron chi connectivity index (χ4n) is 3.33. The molecule has 3 heterocycles. The van der Waals surface area contributed by atoms with E-state index in [-0.39, 0.29) is 23.9 Å². The minimum absolute atomic E-state index is 0.0764. The summed E-state index contributed by atoms with van der Waals surface area (Å²) in [5.74, 6) is -0.0882. The number of hydrogen-bond acceptors (Lipinski definition) is 4. The molecular formula is C17H24N6O2. The second kappa shape index (κ2) is 7.08. The number of amides is 2. The van der Waals surface area contributed by atoms with E-state index in [2.05, 4.69) is 22.3 Å². The highest BCUT2D eigenvalue weighted by Crippen LogP contribution is 2.30. The van der Waals surface area contributed by atoms with Crippen molar-refractivity contribution in [1.82, 2.24) is 29.5 Å². The number of imidazole rings is 1.